The third-order valence-electron chi connectivity index (χ3n) is 2.73. The Balaban J connectivity index is 3.20. The lowest BCUT2D eigenvalue weighted by atomic mass is 9.97. The van der Waals surface area contributed by atoms with Gasteiger partial charge in [-0.25, -0.2) is 4.39 Å². The Labute approximate surface area is 122 Å². The monoisotopic (exact) mass is 273 g/mol. The molecular formula is C18H24FN. The minimum Gasteiger partial charge on any atom is -0.358 e. The van der Waals surface area contributed by atoms with Crippen LogP contribution in [0, 0.1) is 30.0 Å². The Morgan fingerprint density at radius 1 is 1.35 bits per heavy atom. The lowest BCUT2D eigenvalue weighted by Gasteiger charge is -2.14. The molecule has 1 nitrogen and oxygen atoms in total. The smallest absolute Gasteiger partial charge is 0.124 e. The van der Waals surface area contributed by atoms with Gasteiger partial charge >= 0.3 is 0 Å². The fourth-order valence-corrected chi connectivity index (χ4v) is 1.80. The van der Waals surface area contributed by atoms with Crippen molar-refractivity contribution in [1.82, 2.24) is 0 Å². The molecule has 0 aliphatic heterocycles. The number of halogens is 1. The number of allylic oxidation sites excluding steroid dienone is 1. The van der Waals surface area contributed by atoms with Crippen LogP contribution in [0.5, 0.6) is 0 Å². The van der Waals surface area contributed by atoms with E-state index in [4.69, 9.17) is 0 Å². The molecular weight excluding hydrogens is 249 g/mol. The second-order valence-corrected chi connectivity index (χ2v) is 6.12. The van der Waals surface area contributed by atoms with Gasteiger partial charge in [0, 0.05) is 11.1 Å². The van der Waals surface area contributed by atoms with E-state index in [2.05, 4.69) is 30.7 Å². The van der Waals surface area contributed by atoms with E-state index < -0.39 is 0 Å². The van der Waals surface area contributed by atoms with Crippen LogP contribution in [0.15, 0.2) is 24.4 Å². The highest BCUT2D eigenvalue weighted by Crippen LogP contribution is 2.24. The summed E-state index contributed by atoms with van der Waals surface area (Å²) in [5.74, 6) is 5.98. The summed E-state index contributed by atoms with van der Waals surface area (Å²) in [6.07, 6.45) is 1.91. The fraction of sp³-hybridized carbons (Fsp3) is 0.444. The molecule has 1 aromatic carbocycles. The highest BCUT2D eigenvalue weighted by atomic mass is 19.1. The minimum absolute atomic E-state index is 0.113. The lowest BCUT2D eigenvalue weighted by molar-refractivity contribution is 0.571. The van der Waals surface area contributed by atoms with Crippen molar-refractivity contribution in [2.24, 2.45) is 5.41 Å². The molecule has 0 spiro atoms. The van der Waals surface area contributed by atoms with Crippen LogP contribution in [-0.4, -0.2) is 0 Å². The van der Waals surface area contributed by atoms with Crippen LogP contribution in [-0.2, 0) is 0 Å². The maximum Gasteiger partial charge on any atom is 0.124 e. The molecule has 0 aliphatic carbocycles. The largest absolute Gasteiger partial charge is 0.358 e. The number of nitrogens with one attached hydrogen (secondary N) is 1. The first-order valence-corrected chi connectivity index (χ1v) is 7.01. The third-order valence-corrected chi connectivity index (χ3v) is 2.73. The van der Waals surface area contributed by atoms with Gasteiger partial charge in [0.25, 0.3) is 0 Å². The predicted molar refractivity (Wildman–Crippen MR) is 85.1 cm³/mol. The summed E-state index contributed by atoms with van der Waals surface area (Å²) < 4.78 is 13.6. The van der Waals surface area contributed by atoms with Gasteiger partial charge in [0.2, 0.25) is 0 Å². The Hall–Kier alpha value is -1.75. The zero-order valence-electron chi connectivity index (χ0n) is 13.2. The summed E-state index contributed by atoms with van der Waals surface area (Å²) in [4.78, 5) is 0. The first-order valence-electron chi connectivity index (χ1n) is 7.01. The number of rotatable bonds is 4. The number of aryl methyl sites for hydroxylation is 1. The van der Waals surface area contributed by atoms with Crippen LogP contribution >= 0.6 is 0 Å². The van der Waals surface area contributed by atoms with Crippen molar-refractivity contribution < 1.29 is 4.39 Å². The molecule has 1 aromatic rings. The van der Waals surface area contributed by atoms with Crippen LogP contribution in [0.1, 0.15) is 51.7 Å². The second kappa shape index (κ2) is 6.61. The van der Waals surface area contributed by atoms with Crippen molar-refractivity contribution in [2.75, 3.05) is 5.32 Å². The average Bonchev–Trinajstić information content (AvgIpc) is 2.29. The van der Waals surface area contributed by atoms with Gasteiger partial charge in [-0.3, -0.25) is 0 Å². The summed E-state index contributed by atoms with van der Waals surface area (Å²) in [7, 11) is 0. The van der Waals surface area contributed by atoms with E-state index >= 15 is 0 Å². The molecule has 0 aromatic heterocycles. The van der Waals surface area contributed by atoms with E-state index in [0.29, 0.717) is 5.56 Å². The maximum atomic E-state index is 13.6. The zero-order chi connectivity index (χ0) is 15.3. The molecule has 0 saturated heterocycles. The molecule has 20 heavy (non-hydrogen) atoms. The Morgan fingerprint density at radius 2 is 2.00 bits per heavy atom. The maximum absolute atomic E-state index is 13.6. The van der Waals surface area contributed by atoms with Crippen LogP contribution in [0.25, 0.3) is 0 Å². The topological polar surface area (TPSA) is 12.0 Å². The number of hydrogen-bond acceptors (Lipinski definition) is 1. The van der Waals surface area contributed by atoms with Gasteiger partial charge in [0.1, 0.15) is 5.82 Å². The quantitative estimate of drug-likeness (QED) is 0.738. The minimum atomic E-state index is -0.257. The molecule has 0 aliphatic rings. The van der Waals surface area contributed by atoms with E-state index in [-0.39, 0.29) is 11.2 Å². The van der Waals surface area contributed by atoms with Gasteiger partial charge < -0.3 is 5.32 Å². The van der Waals surface area contributed by atoms with Crippen molar-refractivity contribution in [1.29, 1.82) is 0 Å². The van der Waals surface area contributed by atoms with Gasteiger partial charge in [-0.05, 0) is 51.8 Å². The van der Waals surface area contributed by atoms with Crippen molar-refractivity contribution in [3.63, 3.8) is 0 Å². The van der Waals surface area contributed by atoms with Gasteiger partial charge in [0.05, 0.1) is 11.3 Å². The highest BCUT2D eigenvalue weighted by Gasteiger charge is 2.09. The SMILES string of the molecule is C=C(CCC)Nc1c(C)cc(F)cc1C#CC(C)(C)C. The molecule has 0 amide bonds. The third kappa shape index (κ3) is 5.09. The van der Waals surface area contributed by atoms with Crippen LogP contribution in [0.4, 0.5) is 10.1 Å². The Kier molecular flexibility index (Phi) is 5.39. The molecule has 0 atom stereocenters. The number of anilines is 1. The molecule has 0 radical (unpaired) electrons. The van der Waals surface area contributed by atoms with Crippen molar-refractivity contribution in [3.8, 4) is 11.8 Å². The first-order chi connectivity index (χ1) is 9.23. The Morgan fingerprint density at radius 3 is 2.55 bits per heavy atom. The summed E-state index contributed by atoms with van der Waals surface area (Å²) >= 11 is 0. The van der Waals surface area contributed by atoms with Gasteiger partial charge in [-0.1, -0.05) is 31.8 Å². The van der Waals surface area contributed by atoms with Gasteiger partial charge in [0.15, 0.2) is 0 Å². The van der Waals surface area contributed by atoms with Gasteiger partial charge in [-0.2, -0.15) is 0 Å². The molecule has 0 heterocycles. The van der Waals surface area contributed by atoms with Crippen LogP contribution < -0.4 is 5.32 Å². The van der Waals surface area contributed by atoms with E-state index in [1.165, 1.54) is 12.1 Å². The van der Waals surface area contributed by atoms with E-state index in [1.807, 2.05) is 27.7 Å². The van der Waals surface area contributed by atoms with Crippen molar-refractivity contribution in [3.05, 3.63) is 41.4 Å². The lowest BCUT2D eigenvalue weighted by Crippen LogP contribution is -2.04. The van der Waals surface area contributed by atoms with Crippen molar-refractivity contribution in [2.45, 2.75) is 47.5 Å². The Bertz CT molecular complexity index is 553. The summed E-state index contributed by atoms with van der Waals surface area (Å²) in [5, 5.41) is 3.28. The zero-order valence-corrected chi connectivity index (χ0v) is 13.2. The molecule has 108 valence electrons. The standard InChI is InChI=1S/C18H24FN/c1-7-8-14(3)20-17-13(2)11-16(19)12-15(17)9-10-18(4,5)6/h11-12,20H,3,7-8H2,1-2,4-6H3. The summed E-state index contributed by atoms with van der Waals surface area (Å²) in [6, 6.07) is 3.00. The van der Waals surface area contributed by atoms with Crippen LogP contribution in [0.2, 0.25) is 0 Å². The van der Waals surface area contributed by atoms with E-state index in [0.717, 1.165) is 29.8 Å². The number of hydrogen-bond donors (Lipinski definition) is 1. The molecule has 0 unspecified atom stereocenters. The number of benzene rings is 1. The normalized spacial score (nSPS) is 10.7. The first kappa shape index (κ1) is 16.3. The van der Waals surface area contributed by atoms with E-state index in [1.54, 1.807) is 0 Å². The molecule has 2 heteroatoms. The van der Waals surface area contributed by atoms with Crippen molar-refractivity contribution >= 4 is 5.69 Å². The average molecular weight is 273 g/mol. The molecule has 0 saturated carbocycles. The van der Waals surface area contributed by atoms with E-state index in [9.17, 15) is 4.39 Å². The predicted octanol–water partition coefficient (Wildman–Crippen LogP) is 5.26. The molecule has 1 rings (SSSR count). The molecule has 0 fully saturated rings. The summed E-state index contributed by atoms with van der Waals surface area (Å²) in [6.45, 7) is 14.1. The van der Waals surface area contributed by atoms with Crippen LogP contribution in [0.3, 0.4) is 0 Å². The second-order valence-electron chi connectivity index (χ2n) is 6.12. The highest BCUT2D eigenvalue weighted by molar-refractivity contribution is 5.66. The van der Waals surface area contributed by atoms with Gasteiger partial charge in [-0.15, -0.1) is 0 Å². The summed E-state index contributed by atoms with van der Waals surface area (Å²) in [5.41, 5.74) is 3.22. The molecule has 1 N–H and O–H groups in total. The fourth-order valence-electron chi connectivity index (χ4n) is 1.80. The molecule has 0 bridgehead atoms.